The van der Waals surface area contributed by atoms with Crippen molar-refractivity contribution in [2.75, 3.05) is 6.54 Å². The Morgan fingerprint density at radius 1 is 1.50 bits per heavy atom. The zero-order chi connectivity index (χ0) is 6.69. The van der Waals surface area contributed by atoms with Crippen molar-refractivity contribution in [2.24, 2.45) is 4.99 Å². The number of rotatable bonds is 1. The molecule has 0 atom stereocenters. The zero-order valence-corrected chi connectivity index (χ0v) is 6.91. The maximum Gasteiger partial charge on any atom is 0.173 e. The third-order valence-corrected chi connectivity index (χ3v) is 1.53. The molecular weight excluding hydrogens is 150 g/mol. The molecule has 0 unspecified atom stereocenters. The minimum atomic E-state index is 0. The third-order valence-electron chi connectivity index (χ3n) is 1.53. The van der Waals surface area contributed by atoms with Gasteiger partial charge in [0.25, 0.3) is 0 Å². The smallest absolute Gasteiger partial charge is 0.173 e. The van der Waals surface area contributed by atoms with E-state index in [9.17, 15) is 4.79 Å². The van der Waals surface area contributed by atoms with Gasteiger partial charge in [-0.2, -0.15) is 0 Å². The molecule has 0 saturated carbocycles. The molecule has 1 aliphatic rings. The summed E-state index contributed by atoms with van der Waals surface area (Å²) >= 11 is 0. The van der Waals surface area contributed by atoms with Crippen LogP contribution in [-0.2, 0) is 4.79 Å². The van der Waals surface area contributed by atoms with Crippen LogP contribution in [0.5, 0.6) is 0 Å². The lowest BCUT2D eigenvalue weighted by molar-refractivity contribution is -0.111. The standard InChI is InChI=1S/C7H11NO.ClH/c1-6(9)7-4-2-3-5-8-7;/h2-5H2,1H3;1H. The minimum Gasteiger partial charge on any atom is -0.293 e. The van der Waals surface area contributed by atoms with Gasteiger partial charge in [0, 0.05) is 13.5 Å². The minimum absolute atomic E-state index is 0. The van der Waals surface area contributed by atoms with Crippen LogP contribution in [0.25, 0.3) is 0 Å². The first kappa shape index (κ1) is 9.63. The molecule has 1 heterocycles. The summed E-state index contributed by atoms with van der Waals surface area (Å²) in [7, 11) is 0. The summed E-state index contributed by atoms with van der Waals surface area (Å²) in [4.78, 5) is 14.8. The van der Waals surface area contributed by atoms with Crippen molar-refractivity contribution in [3.8, 4) is 0 Å². The molecule has 3 heteroatoms. The second kappa shape index (κ2) is 4.45. The number of aliphatic imine (C=N–C) groups is 1. The van der Waals surface area contributed by atoms with Crippen molar-refractivity contribution in [1.82, 2.24) is 0 Å². The number of hydrogen-bond acceptors (Lipinski definition) is 2. The van der Waals surface area contributed by atoms with Gasteiger partial charge < -0.3 is 0 Å². The molecule has 10 heavy (non-hydrogen) atoms. The molecule has 0 aromatic carbocycles. The van der Waals surface area contributed by atoms with E-state index in [1.807, 2.05) is 0 Å². The molecule has 0 bridgehead atoms. The Hall–Kier alpha value is -0.370. The normalized spacial score (nSPS) is 17.1. The van der Waals surface area contributed by atoms with Gasteiger partial charge in [-0.15, -0.1) is 12.4 Å². The highest BCUT2D eigenvalue weighted by atomic mass is 35.5. The van der Waals surface area contributed by atoms with E-state index in [0.29, 0.717) is 0 Å². The molecule has 0 N–H and O–H groups in total. The predicted octanol–water partition coefficient (Wildman–Crippen LogP) is 1.62. The van der Waals surface area contributed by atoms with E-state index in [-0.39, 0.29) is 18.2 Å². The fourth-order valence-corrected chi connectivity index (χ4v) is 0.985. The van der Waals surface area contributed by atoms with Crippen LogP contribution in [0.4, 0.5) is 0 Å². The lowest BCUT2D eigenvalue weighted by Crippen LogP contribution is -2.14. The highest BCUT2D eigenvalue weighted by molar-refractivity contribution is 6.39. The summed E-state index contributed by atoms with van der Waals surface area (Å²) in [6.45, 7) is 2.44. The fraction of sp³-hybridized carbons (Fsp3) is 0.714. The Balaban J connectivity index is 0.000000810. The number of Topliss-reactive ketones (excluding diaryl/α,β-unsaturated/α-hetero) is 1. The second-order valence-electron chi connectivity index (χ2n) is 2.34. The number of ketones is 1. The summed E-state index contributed by atoms with van der Waals surface area (Å²) in [5, 5.41) is 0. The van der Waals surface area contributed by atoms with Gasteiger partial charge in [-0.3, -0.25) is 9.79 Å². The average Bonchev–Trinajstić information content (AvgIpc) is 1.90. The van der Waals surface area contributed by atoms with Crippen LogP contribution < -0.4 is 0 Å². The van der Waals surface area contributed by atoms with Crippen molar-refractivity contribution in [2.45, 2.75) is 26.2 Å². The van der Waals surface area contributed by atoms with E-state index in [1.165, 1.54) is 0 Å². The van der Waals surface area contributed by atoms with E-state index in [2.05, 4.69) is 4.99 Å². The predicted molar refractivity (Wildman–Crippen MR) is 44.1 cm³/mol. The average molecular weight is 162 g/mol. The largest absolute Gasteiger partial charge is 0.293 e. The second-order valence-corrected chi connectivity index (χ2v) is 2.34. The van der Waals surface area contributed by atoms with Crippen LogP contribution >= 0.6 is 12.4 Å². The fourth-order valence-electron chi connectivity index (χ4n) is 0.985. The Bertz CT molecular complexity index is 154. The van der Waals surface area contributed by atoms with E-state index in [4.69, 9.17) is 0 Å². The van der Waals surface area contributed by atoms with Crippen molar-refractivity contribution in [1.29, 1.82) is 0 Å². The maximum absolute atomic E-state index is 10.7. The number of halogens is 1. The highest BCUT2D eigenvalue weighted by Crippen LogP contribution is 2.05. The number of carbonyl (C=O) groups excluding carboxylic acids is 1. The van der Waals surface area contributed by atoms with Gasteiger partial charge in [0.1, 0.15) is 0 Å². The van der Waals surface area contributed by atoms with Gasteiger partial charge in [0.05, 0.1) is 5.71 Å². The van der Waals surface area contributed by atoms with Crippen LogP contribution in [0.2, 0.25) is 0 Å². The first-order valence-electron chi connectivity index (χ1n) is 3.35. The number of carbonyl (C=O) groups is 1. The van der Waals surface area contributed by atoms with Crippen molar-refractivity contribution >= 4 is 23.9 Å². The Labute approximate surface area is 67.1 Å². The molecule has 0 aromatic heterocycles. The van der Waals surface area contributed by atoms with Gasteiger partial charge in [0.15, 0.2) is 5.78 Å². The lowest BCUT2D eigenvalue weighted by atomic mass is 10.1. The lowest BCUT2D eigenvalue weighted by Gasteiger charge is -2.07. The molecule has 1 rings (SSSR count). The van der Waals surface area contributed by atoms with E-state index in [1.54, 1.807) is 6.92 Å². The quantitative estimate of drug-likeness (QED) is 0.575. The number of hydrogen-bond donors (Lipinski definition) is 0. The van der Waals surface area contributed by atoms with Gasteiger partial charge in [-0.25, -0.2) is 0 Å². The van der Waals surface area contributed by atoms with Gasteiger partial charge in [-0.05, 0) is 19.3 Å². The van der Waals surface area contributed by atoms with Crippen LogP contribution in [0.1, 0.15) is 26.2 Å². The molecular formula is C7H12ClNO. The van der Waals surface area contributed by atoms with Crippen LogP contribution in [0.3, 0.4) is 0 Å². The topological polar surface area (TPSA) is 29.4 Å². The molecule has 1 aliphatic heterocycles. The summed E-state index contributed by atoms with van der Waals surface area (Å²) < 4.78 is 0. The van der Waals surface area contributed by atoms with Crippen molar-refractivity contribution < 1.29 is 4.79 Å². The molecule has 2 nitrogen and oxygen atoms in total. The molecule has 0 radical (unpaired) electrons. The maximum atomic E-state index is 10.7. The molecule has 0 aromatic rings. The molecule has 0 aliphatic carbocycles. The molecule has 0 saturated heterocycles. The SMILES string of the molecule is CC(=O)C1=NCCCC1.Cl. The highest BCUT2D eigenvalue weighted by Gasteiger charge is 2.07. The van der Waals surface area contributed by atoms with Gasteiger partial charge in [0.2, 0.25) is 0 Å². The van der Waals surface area contributed by atoms with Crippen molar-refractivity contribution in [3.63, 3.8) is 0 Å². The number of nitrogens with zero attached hydrogens (tertiary/aromatic N) is 1. The van der Waals surface area contributed by atoms with E-state index in [0.717, 1.165) is 31.5 Å². The summed E-state index contributed by atoms with van der Waals surface area (Å²) in [6, 6.07) is 0. The van der Waals surface area contributed by atoms with Crippen LogP contribution in [0.15, 0.2) is 4.99 Å². The van der Waals surface area contributed by atoms with Gasteiger partial charge >= 0.3 is 0 Å². The zero-order valence-electron chi connectivity index (χ0n) is 6.09. The first-order chi connectivity index (χ1) is 4.30. The molecule has 58 valence electrons. The van der Waals surface area contributed by atoms with E-state index < -0.39 is 0 Å². The van der Waals surface area contributed by atoms with Crippen molar-refractivity contribution in [3.05, 3.63) is 0 Å². The van der Waals surface area contributed by atoms with Gasteiger partial charge in [-0.1, -0.05) is 0 Å². The molecule has 0 fully saturated rings. The molecule has 0 amide bonds. The Morgan fingerprint density at radius 3 is 2.50 bits per heavy atom. The summed E-state index contributed by atoms with van der Waals surface area (Å²) in [5.41, 5.74) is 0.793. The monoisotopic (exact) mass is 161 g/mol. The molecule has 0 spiro atoms. The van der Waals surface area contributed by atoms with Crippen LogP contribution in [-0.4, -0.2) is 18.0 Å². The first-order valence-corrected chi connectivity index (χ1v) is 3.35. The third kappa shape index (κ3) is 2.48. The summed E-state index contributed by atoms with van der Waals surface area (Å²) in [6.07, 6.45) is 3.19. The van der Waals surface area contributed by atoms with E-state index >= 15 is 0 Å². The van der Waals surface area contributed by atoms with Crippen LogP contribution in [0, 0.1) is 0 Å². The Morgan fingerprint density at radius 2 is 2.20 bits per heavy atom. The summed E-state index contributed by atoms with van der Waals surface area (Å²) in [5.74, 6) is 0.148. The Kier molecular flexibility index (Phi) is 4.28.